The second kappa shape index (κ2) is 6.00. The second-order valence-corrected chi connectivity index (χ2v) is 3.62. The minimum absolute atomic E-state index is 0.00720. The third kappa shape index (κ3) is 4.33. The van der Waals surface area contributed by atoms with Crippen molar-refractivity contribution in [2.45, 2.75) is 18.8 Å². The predicted molar refractivity (Wildman–Crippen MR) is 56.2 cm³/mol. The van der Waals surface area contributed by atoms with E-state index in [1.54, 1.807) is 0 Å². The molecule has 3 N–H and O–H groups in total. The van der Waals surface area contributed by atoms with E-state index in [0.717, 1.165) is 6.07 Å². The predicted octanol–water partition coefficient (Wildman–Crippen LogP) is 1.15. The third-order valence-corrected chi connectivity index (χ3v) is 2.23. The van der Waals surface area contributed by atoms with Crippen molar-refractivity contribution < 1.29 is 23.4 Å². The van der Waals surface area contributed by atoms with E-state index in [2.05, 4.69) is 5.32 Å². The van der Waals surface area contributed by atoms with Crippen LogP contribution in [0.2, 0.25) is 0 Å². The van der Waals surface area contributed by atoms with Crippen LogP contribution >= 0.6 is 0 Å². The standard InChI is InChI=1S/C11H14F3NO2/c12-11(13,14)10-4-2-1-3-8(10)5-15-6-9(17)7-16/h1-4,9,15-17H,5-7H2. The number of rotatable bonds is 5. The number of hydrogen-bond acceptors (Lipinski definition) is 3. The summed E-state index contributed by atoms with van der Waals surface area (Å²) >= 11 is 0. The van der Waals surface area contributed by atoms with E-state index in [4.69, 9.17) is 10.2 Å². The fourth-order valence-electron chi connectivity index (χ4n) is 1.39. The number of aliphatic hydroxyl groups excluding tert-OH is 2. The molecule has 17 heavy (non-hydrogen) atoms. The first-order valence-corrected chi connectivity index (χ1v) is 5.10. The Balaban J connectivity index is 2.65. The van der Waals surface area contributed by atoms with E-state index in [9.17, 15) is 13.2 Å². The van der Waals surface area contributed by atoms with Crippen molar-refractivity contribution in [2.24, 2.45) is 0 Å². The largest absolute Gasteiger partial charge is 0.416 e. The maximum atomic E-state index is 12.6. The topological polar surface area (TPSA) is 52.5 Å². The van der Waals surface area contributed by atoms with Gasteiger partial charge in [-0.25, -0.2) is 0 Å². The molecule has 96 valence electrons. The molecular weight excluding hydrogens is 235 g/mol. The molecule has 0 amide bonds. The van der Waals surface area contributed by atoms with Gasteiger partial charge in [-0.05, 0) is 11.6 Å². The van der Waals surface area contributed by atoms with Crippen molar-refractivity contribution in [1.82, 2.24) is 5.32 Å². The molecule has 0 radical (unpaired) electrons. The highest BCUT2D eigenvalue weighted by molar-refractivity contribution is 5.29. The first kappa shape index (κ1) is 14.0. The van der Waals surface area contributed by atoms with Crippen LogP contribution in [0, 0.1) is 0 Å². The van der Waals surface area contributed by atoms with Crippen LogP contribution in [0.4, 0.5) is 13.2 Å². The fraction of sp³-hybridized carbons (Fsp3) is 0.455. The van der Waals surface area contributed by atoms with Crippen LogP contribution in [0.15, 0.2) is 24.3 Å². The van der Waals surface area contributed by atoms with Gasteiger partial charge in [-0.2, -0.15) is 13.2 Å². The fourth-order valence-corrected chi connectivity index (χ4v) is 1.39. The van der Waals surface area contributed by atoms with E-state index < -0.39 is 24.5 Å². The number of alkyl halides is 3. The smallest absolute Gasteiger partial charge is 0.394 e. The molecular formula is C11H14F3NO2. The highest BCUT2D eigenvalue weighted by atomic mass is 19.4. The van der Waals surface area contributed by atoms with Crippen LogP contribution in [0.3, 0.4) is 0 Å². The van der Waals surface area contributed by atoms with Crippen LogP contribution in [0.1, 0.15) is 11.1 Å². The Morgan fingerprint density at radius 1 is 1.24 bits per heavy atom. The average molecular weight is 249 g/mol. The highest BCUT2D eigenvalue weighted by Crippen LogP contribution is 2.31. The van der Waals surface area contributed by atoms with Gasteiger partial charge in [-0.15, -0.1) is 0 Å². The van der Waals surface area contributed by atoms with E-state index in [1.807, 2.05) is 0 Å². The molecule has 0 bridgehead atoms. The number of halogens is 3. The summed E-state index contributed by atoms with van der Waals surface area (Å²) in [6.07, 6.45) is -5.35. The lowest BCUT2D eigenvalue weighted by molar-refractivity contribution is -0.138. The molecule has 6 heteroatoms. The summed E-state index contributed by atoms with van der Waals surface area (Å²) in [4.78, 5) is 0. The summed E-state index contributed by atoms with van der Waals surface area (Å²) < 4.78 is 37.7. The Morgan fingerprint density at radius 2 is 1.88 bits per heavy atom. The molecule has 0 spiro atoms. The summed E-state index contributed by atoms with van der Waals surface area (Å²) in [5.74, 6) is 0. The molecule has 0 saturated heterocycles. The lowest BCUT2D eigenvalue weighted by Gasteiger charge is -2.14. The van der Waals surface area contributed by atoms with Gasteiger partial charge < -0.3 is 15.5 Å². The Kier molecular flexibility index (Phi) is 4.92. The Bertz CT molecular complexity index is 355. The number of benzene rings is 1. The lowest BCUT2D eigenvalue weighted by Crippen LogP contribution is -2.29. The number of aliphatic hydroxyl groups is 2. The molecule has 1 atom stereocenters. The third-order valence-electron chi connectivity index (χ3n) is 2.23. The summed E-state index contributed by atoms with van der Waals surface area (Å²) in [5, 5.41) is 20.2. The van der Waals surface area contributed by atoms with Crippen LogP contribution in [-0.2, 0) is 12.7 Å². The van der Waals surface area contributed by atoms with Crippen LogP contribution < -0.4 is 5.32 Å². The lowest BCUT2D eigenvalue weighted by atomic mass is 10.1. The molecule has 0 saturated carbocycles. The maximum Gasteiger partial charge on any atom is 0.416 e. The Labute approximate surface area is 96.9 Å². The quantitative estimate of drug-likeness (QED) is 0.733. The zero-order valence-electron chi connectivity index (χ0n) is 9.04. The maximum absolute atomic E-state index is 12.6. The number of nitrogens with one attached hydrogen (secondary N) is 1. The Hall–Kier alpha value is -1.11. The zero-order chi connectivity index (χ0) is 12.9. The van der Waals surface area contributed by atoms with Gasteiger partial charge in [0, 0.05) is 13.1 Å². The van der Waals surface area contributed by atoms with Gasteiger partial charge in [0.2, 0.25) is 0 Å². The summed E-state index contributed by atoms with van der Waals surface area (Å²) in [5.41, 5.74) is -0.573. The molecule has 0 aliphatic carbocycles. The molecule has 0 aromatic heterocycles. The SMILES string of the molecule is OCC(O)CNCc1ccccc1C(F)(F)F. The van der Waals surface area contributed by atoms with Crippen molar-refractivity contribution in [3.63, 3.8) is 0 Å². The summed E-state index contributed by atoms with van der Waals surface area (Å²) in [7, 11) is 0. The van der Waals surface area contributed by atoms with Gasteiger partial charge in [0.15, 0.2) is 0 Å². The van der Waals surface area contributed by atoms with Gasteiger partial charge in [0.05, 0.1) is 18.3 Å². The normalized spacial score (nSPS) is 13.7. The van der Waals surface area contributed by atoms with Gasteiger partial charge >= 0.3 is 6.18 Å². The summed E-state index contributed by atoms with van der Waals surface area (Å²) in [6, 6.07) is 5.24. The van der Waals surface area contributed by atoms with Crippen LogP contribution in [-0.4, -0.2) is 29.5 Å². The number of hydrogen-bond donors (Lipinski definition) is 3. The summed E-state index contributed by atoms with van der Waals surface area (Å²) in [6.45, 7) is -0.386. The van der Waals surface area contributed by atoms with Crippen LogP contribution in [0.5, 0.6) is 0 Å². The molecule has 1 aromatic rings. The second-order valence-electron chi connectivity index (χ2n) is 3.62. The van der Waals surface area contributed by atoms with Crippen molar-refractivity contribution in [3.05, 3.63) is 35.4 Å². The van der Waals surface area contributed by atoms with Gasteiger partial charge in [-0.1, -0.05) is 18.2 Å². The molecule has 0 aliphatic rings. The Morgan fingerprint density at radius 3 is 2.47 bits per heavy atom. The van der Waals surface area contributed by atoms with E-state index in [-0.39, 0.29) is 18.7 Å². The minimum Gasteiger partial charge on any atom is -0.394 e. The first-order chi connectivity index (χ1) is 7.95. The van der Waals surface area contributed by atoms with Gasteiger partial charge in [0.1, 0.15) is 0 Å². The molecule has 0 fully saturated rings. The van der Waals surface area contributed by atoms with Gasteiger partial charge in [0.25, 0.3) is 0 Å². The average Bonchev–Trinajstić information content (AvgIpc) is 2.28. The van der Waals surface area contributed by atoms with Gasteiger partial charge in [-0.3, -0.25) is 0 Å². The molecule has 1 unspecified atom stereocenters. The minimum atomic E-state index is -4.38. The zero-order valence-corrected chi connectivity index (χ0v) is 9.04. The van der Waals surface area contributed by atoms with Crippen LogP contribution in [0.25, 0.3) is 0 Å². The first-order valence-electron chi connectivity index (χ1n) is 5.10. The monoisotopic (exact) mass is 249 g/mol. The van der Waals surface area contributed by atoms with E-state index in [0.29, 0.717) is 0 Å². The molecule has 1 aromatic carbocycles. The molecule has 1 rings (SSSR count). The van der Waals surface area contributed by atoms with Crippen molar-refractivity contribution in [3.8, 4) is 0 Å². The van der Waals surface area contributed by atoms with Crippen molar-refractivity contribution in [1.29, 1.82) is 0 Å². The van der Waals surface area contributed by atoms with E-state index in [1.165, 1.54) is 18.2 Å². The molecule has 3 nitrogen and oxygen atoms in total. The van der Waals surface area contributed by atoms with E-state index >= 15 is 0 Å². The highest BCUT2D eigenvalue weighted by Gasteiger charge is 2.32. The van der Waals surface area contributed by atoms with Crippen molar-refractivity contribution in [2.75, 3.05) is 13.2 Å². The molecule has 0 aliphatic heterocycles. The van der Waals surface area contributed by atoms with Crippen molar-refractivity contribution >= 4 is 0 Å². The molecule has 0 heterocycles.